The minimum absolute atomic E-state index is 0.577. The van der Waals surface area contributed by atoms with E-state index in [2.05, 4.69) is 5.32 Å². The van der Waals surface area contributed by atoms with Gasteiger partial charge in [-0.15, -0.1) is 0 Å². The SMILES string of the molecule is C1CCCC(OCCCNC2CC2)CC1. The first-order valence-corrected chi connectivity index (χ1v) is 6.80. The van der Waals surface area contributed by atoms with Gasteiger partial charge >= 0.3 is 0 Å². The van der Waals surface area contributed by atoms with Gasteiger partial charge in [-0.05, 0) is 38.6 Å². The van der Waals surface area contributed by atoms with E-state index in [1.165, 1.54) is 57.8 Å². The molecule has 0 aromatic carbocycles. The second-order valence-electron chi connectivity index (χ2n) is 5.07. The maximum absolute atomic E-state index is 5.93. The van der Waals surface area contributed by atoms with E-state index in [1.807, 2.05) is 0 Å². The largest absolute Gasteiger partial charge is 0.378 e. The Morgan fingerprint density at radius 2 is 1.67 bits per heavy atom. The Morgan fingerprint density at radius 3 is 2.33 bits per heavy atom. The van der Waals surface area contributed by atoms with Crippen LogP contribution in [0.3, 0.4) is 0 Å². The molecule has 2 aliphatic carbocycles. The molecule has 2 heteroatoms. The van der Waals surface area contributed by atoms with Crippen LogP contribution in [0.4, 0.5) is 0 Å². The summed E-state index contributed by atoms with van der Waals surface area (Å²) in [5.74, 6) is 0. The van der Waals surface area contributed by atoms with Crippen molar-refractivity contribution in [2.75, 3.05) is 13.2 Å². The van der Waals surface area contributed by atoms with Crippen molar-refractivity contribution < 1.29 is 4.74 Å². The summed E-state index contributed by atoms with van der Waals surface area (Å²) in [6.07, 6.45) is 12.8. The van der Waals surface area contributed by atoms with Crippen LogP contribution >= 0.6 is 0 Å². The zero-order valence-electron chi connectivity index (χ0n) is 9.84. The molecule has 2 saturated carbocycles. The Bertz CT molecular complexity index is 160. The van der Waals surface area contributed by atoms with Gasteiger partial charge in [-0.2, -0.15) is 0 Å². The highest BCUT2D eigenvalue weighted by atomic mass is 16.5. The topological polar surface area (TPSA) is 21.3 Å². The van der Waals surface area contributed by atoms with E-state index in [9.17, 15) is 0 Å². The Kier molecular flexibility index (Phi) is 4.94. The quantitative estimate of drug-likeness (QED) is 0.539. The number of hydrogen-bond acceptors (Lipinski definition) is 2. The zero-order valence-corrected chi connectivity index (χ0v) is 9.84. The highest BCUT2D eigenvalue weighted by molar-refractivity contribution is 4.80. The molecule has 2 aliphatic rings. The van der Waals surface area contributed by atoms with Crippen molar-refractivity contribution in [3.63, 3.8) is 0 Å². The number of hydrogen-bond donors (Lipinski definition) is 1. The van der Waals surface area contributed by atoms with Crippen molar-refractivity contribution in [3.8, 4) is 0 Å². The van der Waals surface area contributed by atoms with Gasteiger partial charge in [0.25, 0.3) is 0 Å². The van der Waals surface area contributed by atoms with E-state index in [0.29, 0.717) is 6.10 Å². The van der Waals surface area contributed by atoms with Crippen LogP contribution in [-0.4, -0.2) is 25.3 Å². The molecule has 0 aliphatic heterocycles. The average Bonchev–Trinajstić information content (AvgIpc) is 3.03. The standard InChI is InChI=1S/C13H25NO/c1-2-4-7-13(6-3-1)15-11-5-10-14-12-8-9-12/h12-14H,1-11H2. The Morgan fingerprint density at radius 1 is 0.933 bits per heavy atom. The van der Waals surface area contributed by atoms with Crippen LogP contribution in [0.5, 0.6) is 0 Å². The lowest BCUT2D eigenvalue weighted by atomic mass is 10.1. The minimum atomic E-state index is 0.577. The zero-order chi connectivity index (χ0) is 10.3. The van der Waals surface area contributed by atoms with Crippen LogP contribution in [0.1, 0.15) is 57.8 Å². The van der Waals surface area contributed by atoms with Crippen molar-refractivity contribution in [2.45, 2.75) is 69.9 Å². The van der Waals surface area contributed by atoms with Gasteiger partial charge in [-0.3, -0.25) is 0 Å². The highest BCUT2D eigenvalue weighted by Crippen LogP contribution is 2.20. The second-order valence-corrected chi connectivity index (χ2v) is 5.07. The Balaban J connectivity index is 1.44. The molecule has 0 radical (unpaired) electrons. The lowest BCUT2D eigenvalue weighted by Crippen LogP contribution is -2.20. The maximum atomic E-state index is 5.93. The van der Waals surface area contributed by atoms with Crippen molar-refractivity contribution >= 4 is 0 Å². The summed E-state index contributed by atoms with van der Waals surface area (Å²) in [5, 5.41) is 3.53. The molecule has 0 aromatic heterocycles. The third-order valence-electron chi connectivity index (χ3n) is 3.49. The van der Waals surface area contributed by atoms with E-state index < -0.39 is 0 Å². The molecule has 0 aromatic rings. The lowest BCUT2D eigenvalue weighted by Gasteiger charge is -2.15. The molecule has 0 unspecified atom stereocenters. The summed E-state index contributed by atoms with van der Waals surface area (Å²) in [6, 6.07) is 0.850. The van der Waals surface area contributed by atoms with Gasteiger partial charge in [0.05, 0.1) is 6.10 Å². The summed E-state index contributed by atoms with van der Waals surface area (Å²) >= 11 is 0. The van der Waals surface area contributed by atoms with Crippen LogP contribution in [0, 0.1) is 0 Å². The predicted octanol–water partition coefficient (Wildman–Crippen LogP) is 2.87. The van der Waals surface area contributed by atoms with Gasteiger partial charge < -0.3 is 10.1 Å². The van der Waals surface area contributed by atoms with Crippen LogP contribution in [0.15, 0.2) is 0 Å². The molecular weight excluding hydrogens is 186 g/mol. The summed E-state index contributed by atoms with van der Waals surface area (Å²) in [7, 11) is 0. The average molecular weight is 211 g/mol. The molecular formula is C13H25NO. The first-order valence-electron chi connectivity index (χ1n) is 6.80. The van der Waals surface area contributed by atoms with Gasteiger partial charge in [0.2, 0.25) is 0 Å². The smallest absolute Gasteiger partial charge is 0.0575 e. The maximum Gasteiger partial charge on any atom is 0.0575 e. The monoisotopic (exact) mass is 211 g/mol. The Hall–Kier alpha value is -0.0800. The lowest BCUT2D eigenvalue weighted by molar-refractivity contribution is 0.0419. The van der Waals surface area contributed by atoms with Crippen molar-refractivity contribution in [3.05, 3.63) is 0 Å². The first kappa shape index (κ1) is 11.4. The molecule has 2 rings (SSSR count). The van der Waals surface area contributed by atoms with Gasteiger partial charge in [0, 0.05) is 12.6 Å². The molecule has 2 fully saturated rings. The molecule has 2 nitrogen and oxygen atoms in total. The first-order chi connectivity index (χ1) is 7.45. The molecule has 0 saturated heterocycles. The molecule has 0 amide bonds. The molecule has 0 atom stereocenters. The number of nitrogens with one attached hydrogen (secondary N) is 1. The molecule has 0 heterocycles. The van der Waals surface area contributed by atoms with Crippen molar-refractivity contribution in [2.24, 2.45) is 0 Å². The predicted molar refractivity (Wildman–Crippen MR) is 63.1 cm³/mol. The van der Waals surface area contributed by atoms with Crippen molar-refractivity contribution in [1.82, 2.24) is 5.32 Å². The fraction of sp³-hybridized carbons (Fsp3) is 1.00. The number of ether oxygens (including phenoxy) is 1. The number of rotatable bonds is 6. The van der Waals surface area contributed by atoms with Gasteiger partial charge in [0.1, 0.15) is 0 Å². The summed E-state index contributed by atoms with van der Waals surface area (Å²) in [5.41, 5.74) is 0. The second kappa shape index (κ2) is 6.49. The van der Waals surface area contributed by atoms with Crippen molar-refractivity contribution in [1.29, 1.82) is 0 Å². The summed E-state index contributed by atoms with van der Waals surface area (Å²) in [6.45, 7) is 2.11. The van der Waals surface area contributed by atoms with Crippen LogP contribution < -0.4 is 5.32 Å². The van der Waals surface area contributed by atoms with Gasteiger partial charge in [-0.25, -0.2) is 0 Å². The Labute approximate surface area is 93.8 Å². The fourth-order valence-corrected chi connectivity index (χ4v) is 2.32. The van der Waals surface area contributed by atoms with Crippen LogP contribution in [-0.2, 0) is 4.74 Å². The molecule has 15 heavy (non-hydrogen) atoms. The van der Waals surface area contributed by atoms with E-state index >= 15 is 0 Å². The van der Waals surface area contributed by atoms with E-state index in [1.54, 1.807) is 0 Å². The third-order valence-corrected chi connectivity index (χ3v) is 3.49. The third kappa shape index (κ3) is 4.98. The van der Waals surface area contributed by atoms with E-state index in [0.717, 1.165) is 19.2 Å². The minimum Gasteiger partial charge on any atom is -0.378 e. The fourth-order valence-electron chi connectivity index (χ4n) is 2.32. The van der Waals surface area contributed by atoms with Crippen LogP contribution in [0.2, 0.25) is 0 Å². The molecule has 0 bridgehead atoms. The summed E-state index contributed by atoms with van der Waals surface area (Å²) in [4.78, 5) is 0. The van der Waals surface area contributed by atoms with Gasteiger partial charge in [0.15, 0.2) is 0 Å². The highest BCUT2D eigenvalue weighted by Gasteiger charge is 2.19. The normalized spacial score (nSPS) is 24.0. The van der Waals surface area contributed by atoms with E-state index in [4.69, 9.17) is 4.74 Å². The summed E-state index contributed by atoms with van der Waals surface area (Å²) < 4.78 is 5.93. The molecule has 1 N–H and O–H groups in total. The van der Waals surface area contributed by atoms with E-state index in [-0.39, 0.29) is 0 Å². The van der Waals surface area contributed by atoms with Crippen LogP contribution in [0.25, 0.3) is 0 Å². The molecule has 0 spiro atoms. The molecule has 88 valence electrons. The van der Waals surface area contributed by atoms with Gasteiger partial charge in [-0.1, -0.05) is 25.7 Å².